The van der Waals surface area contributed by atoms with Gasteiger partial charge in [0.25, 0.3) is 0 Å². The number of allylic oxidation sites excluding steroid dienone is 2. The number of hydrogen-bond acceptors (Lipinski definition) is 4. The van der Waals surface area contributed by atoms with Crippen molar-refractivity contribution in [3.05, 3.63) is 59.4 Å². The van der Waals surface area contributed by atoms with Crippen molar-refractivity contribution in [3.63, 3.8) is 0 Å². The van der Waals surface area contributed by atoms with Gasteiger partial charge in [-0.15, -0.1) is 0 Å². The maximum Gasteiger partial charge on any atom is 0.149 e. The Morgan fingerprint density at radius 2 is 2.06 bits per heavy atom. The summed E-state index contributed by atoms with van der Waals surface area (Å²) in [5, 5.41) is 9.86. The van der Waals surface area contributed by atoms with Gasteiger partial charge < -0.3 is 14.6 Å². The van der Waals surface area contributed by atoms with E-state index in [4.69, 9.17) is 4.74 Å². The molecule has 0 saturated carbocycles. The zero-order valence-electron chi connectivity index (χ0n) is 18.8. The van der Waals surface area contributed by atoms with Gasteiger partial charge in [0, 0.05) is 29.4 Å². The molecule has 1 N–H and O–H groups in total. The van der Waals surface area contributed by atoms with Crippen LogP contribution in [0, 0.1) is 11.3 Å². The van der Waals surface area contributed by atoms with E-state index in [0.29, 0.717) is 11.4 Å². The van der Waals surface area contributed by atoms with Gasteiger partial charge in [-0.2, -0.15) is 5.26 Å². The lowest BCUT2D eigenvalue weighted by Gasteiger charge is -2.43. The van der Waals surface area contributed by atoms with E-state index in [1.807, 2.05) is 30.3 Å². The van der Waals surface area contributed by atoms with Crippen molar-refractivity contribution in [2.24, 2.45) is 0 Å². The molecule has 0 radical (unpaired) electrons. The number of aromatic nitrogens is 2. The largest absolute Gasteiger partial charge is 0.496 e. The van der Waals surface area contributed by atoms with Crippen LogP contribution in [0.1, 0.15) is 51.1 Å². The van der Waals surface area contributed by atoms with Crippen LogP contribution in [-0.4, -0.2) is 29.2 Å². The Labute approximate surface area is 183 Å². The van der Waals surface area contributed by atoms with Gasteiger partial charge in [-0.3, -0.25) is 0 Å². The van der Waals surface area contributed by atoms with Crippen molar-refractivity contribution in [2.45, 2.75) is 39.7 Å². The molecule has 4 rings (SSSR count). The Morgan fingerprint density at radius 3 is 2.74 bits per heavy atom. The molecule has 5 nitrogen and oxygen atoms in total. The van der Waals surface area contributed by atoms with E-state index in [-0.39, 0.29) is 5.54 Å². The van der Waals surface area contributed by atoms with Crippen molar-refractivity contribution in [1.29, 1.82) is 5.26 Å². The van der Waals surface area contributed by atoms with Crippen molar-refractivity contribution in [3.8, 4) is 11.8 Å². The summed E-state index contributed by atoms with van der Waals surface area (Å²) in [5.74, 6) is 1.30. The highest BCUT2D eigenvalue weighted by molar-refractivity contribution is 5.93. The summed E-state index contributed by atoms with van der Waals surface area (Å²) in [6.45, 7) is 9.79. The number of para-hydroxylation sites is 2. The van der Waals surface area contributed by atoms with Crippen LogP contribution in [0.2, 0.25) is 0 Å². The molecule has 2 heterocycles. The van der Waals surface area contributed by atoms with Crippen LogP contribution in [-0.2, 0) is 0 Å². The molecule has 0 spiro atoms. The predicted molar refractivity (Wildman–Crippen MR) is 128 cm³/mol. The number of nitriles is 1. The van der Waals surface area contributed by atoms with Crippen LogP contribution in [0.5, 0.6) is 5.75 Å². The molecule has 1 aliphatic rings. The zero-order chi connectivity index (χ0) is 22.2. The van der Waals surface area contributed by atoms with Crippen molar-refractivity contribution in [2.75, 3.05) is 18.6 Å². The molecule has 0 atom stereocenters. The minimum absolute atomic E-state index is 0.0679. The molecule has 158 valence electrons. The Balaban J connectivity index is 1.85. The summed E-state index contributed by atoms with van der Waals surface area (Å²) in [7, 11) is 1.67. The Hall–Kier alpha value is -3.52. The smallest absolute Gasteiger partial charge is 0.149 e. The van der Waals surface area contributed by atoms with Crippen LogP contribution >= 0.6 is 0 Å². The molecule has 0 aliphatic carbocycles. The Morgan fingerprint density at radius 1 is 1.29 bits per heavy atom. The van der Waals surface area contributed by atoms with E-state index in [2.05, 4.69) is 66.8 Å². The topological polar surface area (TPSA) is 64.9 Å². The fourth-order valence-electron chi connectivity index (χ4n) is 4.43. The minimum atomic E-state index is -0.0679. The standard InChI is InChI=1S/C26H28N4O/c1-6-11-30-23-14-24(31-5)18(13-20(23)17(2)15-26(30,3)4)12-19(16-27)25-28-21-9-7-8-10-22(21)29-25/h7-10,12-15H,6,11H2,1-5H3,(H,28,29)/b19-12+. The number of benzene rings is 2. The van der Waals surface area contributed by atoms with Gasteiger partial charge in [-0.1, -0.05) is 25.1 Å². The first kappa shape index (κ1) is 20.7. The van der Waals surface area contributed by atoms with Crippen LogP contribution in [0.4, 0.5) is 5.69 Å². The van der Waals surface area contributed by atoms with Gasteiger partial charge in [0.1, 0.15) is 17.6 Å². The molecular weight excluding hydrogens is 384 g/mol. The number of rotatable bonds is 5. The summed E-state index contributed by atoms with van der Waals surface area (Å²) >= 11 is 0. The number of nitrogens with zero attached hydrogens (tertiary/aromatic N) is 3. The third-order valence-electron chi connectivity index (χ3n) is 5.84. The third-order valence-corrected chi connectivity index (χ3v) is 5.84. The van der Waals surface area contributed by atoms with Crippen LogP contribution in [0.15, 0.2) is 42.5 Å². The van der Waals surface area contributed by atoms with Gasteiger partial charge in [0.05, 0.1) is 29.3 Å². The first-order valence-corrected chi connectivity index (χ1v) is 10.6. The molecule has 1 aromatic heterocycles. The molecule has 3 aromatic rings. The van der Waals surface area contributed by atoms with E-state index < -0.39 is 0 Å². The number of hydrogen-bond donors (Lipinski definition) is 1. The van der Waals surface area contributed by atoms with Crippen molar-refractivity contribution >= 4 is 33.9 Å². The normalized spacial score (nSPS) is 15.4. The number of H-pyrrole nitrogens is 1. The number of nitrogens with one attached hydrogen (secondary N) is 1. The van der Waals surface area contributed by atoms with Gasteiger partial charge in [-0.05, 0) is 57.0 Å². The number of imidazole rings is 1. The average molecular weight is 413 g/mol. The van der Waals surface area contributed by atoms with E-state index in [9.17, 15) is 5.26 Å². The lowest BCUT2D eigenvalue weighted by molar-refractivity contribution is 0.413. The lowest BCUT2D eigenvalue weighted by atomic mass is 9.87. The first-order valence-electron chi connectivity index (χ1n) is 10.6. The molecule has 0 bridgehead atoms. The average Bonchev–Trinajstić information content (AvgIpc) is 3.18. The van der Waals surface area contributed by atoms with Gasteiger partial charge in [0.15, 0.2) is 0 Å². The first-order chi connectivity index (χ1) is 14.9. The summed E-state index contributed by atoms with van der Waals surface area (Å²) in [5.41, 5.74) is 6.58. The van der Waals surface area contributed by atoms with Crippen molar-refractivity contribution in [1.82, 2.24) is 9.97 Å². The predicted octanol–water partition coefficient (Wildman–Crippen LogP) is 6.05. The van der Waals surface area contributed by atoms with Crippen LogP contribution < -0.4 is 9.64 Å². The van der Waals surface area contributed by atoms with E-state index in [1.165, 1.54) is 16.8 Å². The van der Waals surface area contributed by atoms with Gasteiger partial charge in [0.2, 0.25) is 0 Å². The number of aromatic amines is 1. The van der Waals surface area contributed by atoms with Gasteiger partial charge >= 0.3 is 0 Å². The second-order valence-corrected chi connectivity index (χ2v) is 8.52. The Bertz CT molecular complexity index is 1210. The number of methoxy groups -OCH3 is 1. The van der Waals surface area contributed by atoms with Crippen LogP contribution in [0.3, 0.4) is 0 Å². The SMILES string of the molecule is CCCN1c2cc(OC)c(/C=C(\C#N)c3nc4ccccc4[nH]3)cc2C(C)=CC1(C)C. The highest BCUT2D eigenvalue weighted by Gasteiger charge is 2.31. The molecular formula is C26H28N4O. The highest BCUT2D eigenvalue weighted by atomic mass is 16.5. The molecule has 2 aromatic carbocycles. The molecule has 31 heavy (non-hydrogen) atoms. The minimum Gasteiger partial charge on any atom is -0.496 e. The summed E-state index contributed by atoms with van der Waals surface area (Å²) < 4.78 is 5.75. The highest BCUT2D eigenvalue weighted by Crippen LogP contribution is 2.43. The van der Waals surface area contributed by atoms with Gasteiger partial charge in [-0.25, -0.2) is 4.98 Å². The fourth-order valence-corrected chi connectivity index (χ4v) is 4.43. The van der Waals surface area contributed by atoms with E-state index in [1.54, 1.807) is 7.11 Å². The molecule has 0 fully saturated rings. The molecule has 1 aliphatic heterocycles. The number of ether oxygens (including phenoxy) is 1. The maximum absolute atomic E-state index is 9.86. The summed E-state index contributed by atoms with van der Waals surface area (Å²) in [4.78, 5) is 10.3. The third kappa shape index (κ3) is 3.70. The monoisotopic (exact) mass is 412 g/mol. The van der Waals surface area contributed by atoms with Crippen molar-refractivity contribution < 1.29 is 4.74 Å². The van der Waals surface area contributed by atoms with E-state index >= 15 is 0 Å². The van der Waals surface area contributed by atoms with E-state index in [0.717, 1.165) is 35.3 Å². The molecule has 5 heteroatoms. The molecule has 0 saturated heterocycles. The molecule has 0 amide bonds. The fraction of sp³-hybridized carbons (Fsp3) is 0.308. The second-order valence-electron chi connectivity index (χ2n) is 8.52. The number of anilines is 1. The lowest BCUT2D eigenvalue weighted by Crippen LogP contribution is -2.45. The Kier molecular flexibility index (Phi) is 5.32. The molecule has 0 unspecified atom stereocenters. The number of fused-ring (bicyclic) bond motifs is 2. The zero-order valence-corrected chi connectivity index (χ0v) is 18.8. The maximum atomic E-state index is 9.86. The quantitative estimate of drug-likeness (QED) is 0.518. The summed E-state index contributed by atoms with van der Waals surface area (Å²) in [6.07, 6.45) is 5.23. The van der Waals surface area contributed by atoms with Crippen LogP contribution in [0.25, 0.3) is 28.3 Å². The second kappa shape index (κ2) is 7.96. The summed E-state index contributed by atoms with van der Waals surface area (Å²) in [6, 6.07) is 14.3.